The van der Waals surface area contributed by atoms with E-state index in [1.807, 2.05) is 0 Å². The van der Waals surface area contributed by atoms with Crippen molar-refractivity contribution in [3.63, 3.8) is 0 Å². The van der Waals surface area contributed by atoms with Gasteiger partial charge in [-0.25, -0.2) is 0 Å². The van der Waals surface area contributed by atoms with Crippen LogP contribution in [-0.4, -0.2) is 369 Å². The van der Waals surface area contributed by atoms with Crippen LogP contribution in [-0.2, 0) is 76.0 Å². The van der Waals surface area contributed by atoms with Crippen molar-refractivity contribution < 1.29 is 173 Å². The largest absolute Gasteiger partial charge is 0.394 e. The molecule has 0 spiro atoms. The first-order valence-electron chi connectivity index (χ1n) is 27.5. The first-order valence-corrected chi connectivity index (χ1v) is 27.5. The van der Waals surface area contributed by atoms with E-state index < -0.39 is 272 Å². The minimum atomic E-state index is -2.31. The summed E-state index contributed by atoms with van der Waals surface area (Å²) in [5, 5.41) is 215. The van der Waals surface area contributed by atoms with Crippen LogP contribution in [0.25, 0.3) is 0 Å². The molecular weight excluding hydrogens is 1180 g/mol. The number of hydrogen-bond acceptors (Lipinski definition) is 35. The van der Waals surface area contributed by atoms with E-state index in [0.29, 0.717) is 0 Å². The van der Waals surface area contributed by atoms with Crippen LogP contribution in [0.4, 0.5) is 0 Å². The van der Waals surface area contributed by atoms with E-state index in [1.165, 1.54) is 6.92 Å². The monoisotopic (exact) mass is 1260 g/mol. The van der Waals surface area contributed by atoms with E-state index in [0.717, 1.165) is 20.8 Å². The molecule has 0 bridgehead atoms. The summed E-state index contributed by atoms with van der Waals surface area (Å²) in [5.74, 6) is -2.53. The van der Waals surface area contributed by atoms with E-state index in [2.05, 4.69) is 16.0 Å². The van der Waals surface area contributed by atoms with Gasteiger partial charge in [-0.2, -0.15) is 0 Å². The average Bonchev–Trinajstić information content (AvgIpc) is 0.911. The van der Waals surface area contributed by atoms with E-state index >= 15 is 0 Å². The van der Waals surface area contributed by atoms with Gasteiger partial charge in [0.2, 0.25) is 17.7 Å². The second-order valence-corrected chi connectivity index (χ2v) is 21.8. The van der Waals surface area contributed by atoms with Crippen molar-refractivity contribution in [3.8, 4) is 0 Å². The maximum absolute atomic E-state index is 13.1. The van der Waals surface area contributed by atoms with Crippen LogP contribution in [0.2, 0.25) is 0 Å². The first-order chi connectivity index (χ1) is 40.6. The van der Waals surface area contributed by atoms with Crippen molar-refractivity contribution in [1.82, 2.24) is 16.0 Å². The fourth-order valence-electron chi connectivity index (χ4n) is 11.1. The highest BCUT2D eigenvalue weighted by molar-refractivity contribution is 5.74. The Hall–Kier alpha value is -2.87. The van der Waals surface area contributed by atoms with Crippen molar-refractivity contribution >= 4 is 17.7 Å². The molecule has 0 radical (unpaired) electrons. The molecule has 0 aromatic rings. The predicted octanol–water partition coefficient (Wildman–Crippen LogP) is -14.8. The fourth-order valence-corrected chi connectivity index (χ4v) is 11.1. The molecule has 38 nitrogen and oxygen atoms in total. The number of aliphatic hydroxyl groups is 19. The smallest absolute Gasteiger partial charge is 0.217 e. The van der Waals surface area contributed by atoms with Crippen molar-refractivity contribution in [2.24, 2.45) is 0 Å². The summed E-state index contributed by atoms with van der Waals surface area (Å²) in [7, 11) is 0. The lowest BCUT2D eigenvalue weighted by Gasteiger charge is -2.52. The van der Waals surface area contributed by atoms with Crippen molar-refractivity contribution in [1.29, 1.82) is 0 Å². The standard InChI is InChI=1S/C48H81N3O35/c1-11-24(61)31(68)33(70)45(74-11)86-41-40(85-46-34(71)32(69)25(62)15(5-52)77-46)29(66)19(9-56)79-48(41)83-38-23(51-14(4)60)44(76-17(7-54)27(38)64)84-39-28(65)18(8-55)78-47(35(39)72)81-36-20(10-57)80-43(21(30(36)67)49-12(2)58)82-37-22(50-13(3)59)42(73)75-16(6-53)26(37)63/h11,15-48,52-57,61-73H,5-10H2,1-4H3,(H,49,58)(H,50,59)(H,51,60)/t11-,15+,16+,17+,18+,19+,20+,21+,22+,23+,24+,25-,26-,27+,28-,29-,30+,31+,32-,33-,34+,35+,36+,37+,38+,39-,40-,41+,42-,43-,44-,45-,46+,47-,48-/m0/s1. The van der Waals surface area contributed by atoms with E-state index in [-0.39, 0.29) is 0 Å². The molecule has 86 heavy (non-hydrogen) atoms. The van der Waals surface area contributed by atoms with E-state index in [9.17, 15) is 111 Å². The third kappa shape index (κ3) is 15.2. The number of carbonyl (C=O) groups is 3. The summed E-state index contributed by atoms with van der Waals surface area (Å²) in [6, 6.07) is -5.26. The van der Waals surface area contributed by atoms with Gasteiger partial charge in [0.1, 0.15) is 165 Å². The van der Waals surface area contributed by atoms with Gasteiger partial charge >= 0.3 is 0 Å². The Balaban J connectivity index is 1.19. The molecule has 0 aliphatic carbocycles. The molecule has 0 aromatic carbocycles. The SMILES string of the molecule is CC(=O)N[C@@H]1[C@@H](O[C@@H]2O[C@H](CO)[C@@H](O[C@@H]3O[C@H](CO)[C@H](O)[C@H](O[C@@H]4O[C@H](CO)[C@@H](O)[C@H](O[C@@H]5O[C@H](CO)[C@H](O)[C@H](O[C@H]6O[C@H](CO)[C@H](O)[C@H](O)[C@H]6O)[C@H]5O[C@@H]5O[C@@H](C)[C@@H](O)[C@@H](O)[C@@H]5O)[C@H]4NC(C)=O)[C@H]3O)[C@H](O)[C@H]2NC(C)=O)[C@@H](O)[C@@H](CO)O[C@@H]1O. The lowest BCUT2D eigenvalue weighted by Crippen LogP contribution is -2.71. The molecule has 7 heterocycles. The third-order valence-electron chi connectivity index (χ3n) is 15.7. The van der Waals surface area contributed by atoms with Crippen LogP contribution >= 0.6 is 0 Å². The Bertz CT molecular complexity index is 2170. The Kier molecular flexibility index (Phi) is 25.0. The molecule has 498 valence electrons. The normalized spacial score (nSPS) is 49.4. The lowest BCUT2D eigenvalue weighted by molar-refractivity contribution is -0.404. The quantitative estimate of drug-likeness (QED) is 0.0507. The van der Waals surface area contributed by atoms with Crippen LogP contribution in [0.5, 0.6) is 0 Å². The summed E-state index contributed by atoms with van der Waals surface area (Å²) in [5.41, 5.74) is 0. The number of nitrogens with one attached hydrogen (secondary N) is 3. The molecule has 0 saturated carbocycles. The number of aliphatic hydroxyl groups excluding tert-OH is 19. The zero-order valence-corrected chi connectivity index (χ0v) is 46.5. The number of hydrogen-bond donors (Lipinski definition) is 22. The summed E-state index contributed by atoms with van der Waals surface area (Å²) in [6.07, 6.45) is -62.6. The highest BCUT2D eigenvalue weighted by atomic mass is 16.8. The molecular formula is C48H81N3O35. The van der Waals surface area contributed by atoms with Gasteiger partial charge in [0.25, 0.3) is 0 Å². The second-order valence-electron chi connectivity index (χ2n) is 21.8. The minimum Gasteiger partial charge on any atom is -0.394 e. The van der Waals surface area contributed by atoms with Gasteiger partial charge in [0.05, 0.1) is 45.7 Å². The average molecular weight is 1260 g/mol. The molecule has 7 rings (SSSR count). The molecule has 7 fully saturated rings. The van der Waals surface area contributed by atoms with Crippen LogP contribution < -0.4 is 16.0 Å². The van der Waals surface area contributed by atoms with Gasteiger partial charge in [-0.15, -0.1) is 0 Å². The number of ether oxygens (including phenoxy) is 13. The Morgan fingerprint density at radius 1 is 0.302 bits per heavy atom. The van der Waals surface area contributed by atoms with Crippen LogP contribution in [0.15, 0.2) is 0 Å². The Morgan fingerprint density at radius 2 is 0.640 bits per heavy atom. The third-order valence-corrected chi connectivity index (χ3v) is 15.7. The number of amides is 3. The lowest BCUT2D eigenvalue weighted by atomic mass is 9.93. The van der Waals surface area contributed by atoms with Crippen LogP contribution in [0.3, 0.4) is 0 Å². The summed E-state index contributed by atoms with van der Waals surface area (Å²) < 4.78 is 76.3. The molecule has 22 N–H and O–H groups in total. The van der Waals surface area contributed by atoms with Gasteiger partial charge < -0.3 is 175 Å². The maximum atomic E-state index is 13.1. The highest BCUT2D eigenvalue weighted by Gasteiger charge is 2.60. The Morgan fingerprint density at radius 3 is 1.17 bits per heavy atom. The molecule has 35 atom stereocenters. The second kappa shape index (κ2) is 30.5. The van der Waals surface area contributed by atoms with Gasteiger partial charge in [0.15, 0.2) is 44.0 Å². The van der Waals surface area contributed by atoms with E-state index in [4.69, 9.17) is 61.6 Å². The van der Waals surface area contributed by atoms with E-state index in [1.54, 1.807) is 0 Å². The van der Waals surface area contributed by atoms with Gasteiger partial charge in [-0.05, 0) is 6.92 Å². The number of rotatable bonds is 21. The van der Waals surface area contributed by atoms with Gasteiger partial charge in [0, 0.05) is 20.8 Å². The summed E-state index contributed by atoms with van der Waals surface area (Å²) in [4.78, 5) is 37.9. The minimum absolute atomic E-state index is 0.747. The molecule has 7 aliphatic heterocycles. The molecule has 0 unspecified atom stereocenters. The maximum Gasteiger partial charge on any atom is 0.217 e. The molecule has 3 amide bonds. The van der Waals surface area contributed by atoms with Crippen molar-refractivity contribution in [2.45, 2.75) is 242 Å². The zero-order valence-electron chi connectivity index (χ0n) is 46.5. The fraction of sp³-hybridized carbons (Fsp3) is 0.938. The zero-order chi connectivity index (χ0) is 63.5. The molecule has 7 saturated heterocycles. The first kappa shape index (κ1) is 70.6. The summed E-state index contributed by atoms with van der Waals surface area (Å²) >= 11 is 0. The molecule has 0 aromatic heterocycles. The number of carbonyl (C=O) groups excluding carboxylic acids is 3. The summed E-state index contributed by atoms with van der Waals surface area (Å²) in [6.45, 7) is -1.91. The van der Waals surface area contributed by atoms with Crippen molar-refractivity contribution in [2.75, 3.05) is 39.6 Å². The van der Waals surface area contributed by atoms with Crippen LogP contribution in [0, 0.1) is 0 Å². The molecule has 7 aliphatic rings. The predicted molar refractivity (Wildman–Crippen MR) is 265 cm³/mol. The topological polar surface area (TPSA) is 592 Å². The molecule has 38 heteroatoms. The van der Waals surface area contributed by atoms with Crippen LogP contribution in [0.1, 0.15) is 27.7 Å². The van der Waals surface area contributed by atoms with Gasteiger partial charge in [-0.1, -0.05) is 0 Å². The van der Waals surface area contributed by atoms with Gasteiger partial charge in [-0.3, -0.25) is 14.4 Å². The van der Waals surface area contributed by atoms with Crippen molar-refractivity contribution in [3.05, 3.63) is 0 Å². The Labute approximate surface area is 488 Å². The highest BCUT2D eigenvalue weighted by Crippen LogP contribution is 2.39.